The Morgan fingerprint density at radius 3 is 1.18 bits per heavy atom. The molecule has 0 amide bonds. The van der Waals surface area contributed by atoms with Crippen molar-refractivity contribution in [1.29, 1.82) is 0 Å². The molecular formula is C36H28S2. The van der Waals surface area contributed by atoms with Gasteiger partial charge in [0.1, 0.15) is 0 Å². The first-order valence-corrected chi connectivity index (χ1v) is 14.5. The van der Waals surface area contributed by atoms with E-state index in [0.29, 0.717) is 0 Å². The van der Waals surface area contributed by atoms with E-state index in [1.165, 1.54) is 63.3 Å². The maximum atomic E-state index is 2.29. The molecule has 6 aromatic rings. The van der Waals surface area contributed by atoms with Crippen molar-refractivity contribution < 1.29 is 0 Å². The normalized spacial score (nSPS) is 12.2. The van der Waals surface area contributed by atoms with Gasteiger partial charge in [0.25, 0.3) is 0 Å². The summed E-state index contributed by atoms with van der Waals surface area (Å²) in [5.74, 6) is 0. The first-order valence-electron chi connectivity index (χ1n) is 12.8. The number of fused-ring (bicyclic) bond motifs is 2. The number of hydrogen-bond acceptors (Lipinski definition) is 2. The molecule has 0 aliphatic rings. The highest BCUT2D eigenvalue weighted by molar-refractivity contribution is 7.20. The Morgan fingerprint density at radius 2 is 0.763 bits per heavy atom. The molecule has 0 radical (unpaired) electrons. The molecule has 0 bridgehead atoms. The average molecular weight is 525 g/mol. The molecule has 0 saturated heterocycles. The molecule has 2 heteroatoms. The Balaban J connectivity index is 1.17. The smallest absolute Gasteiger partial charge is 0.0355 e. The summed E-state index contributed by atoms with van der Waals surface area (Å²) in [4.78, 5) is 2.55. The molecule has 0 fully saturated rings. The molecule has 0 aliphatic heterocycles. The highest BCUT2D eigenvalue weighted by atomic mass is 32.1. The Bertz CT molecular complexity index is 1670. The van der Waals surface area contributed by atoms with E-state index in [2.05, 4.69) is 147 Å². The first kappa shape index (κ1) is 24.4. The highest BCUT2D eigenvalue weighted by Crippen LogP contribution is 2.30. The SMILES string of the molecule is Cc1ccc(C=Cc2cc3ccc(C=Cc4ccc5cc(C=Cc6ccc(C)cc6)sc5c4)cc3s2)cc1. The predicted octanol–water partition coefficient (Wildman–Crippen LogP) is 11.2. The van der Waals surface area contributed by atoms with E-state index in [9.17, 15) is 0 Å². The van der Waals surface area contributed by atoms with E-state index in [1.807, 2.05) is 22.7 Å². The Labute approximate surface area is 232 Å². The summed E-state index contributed by atoms with van der Waals surface area (Å²) in [6.07, 6.45) is 13.2. The van der Waals surface area contributed by atoms with Crippen molar-refractivity contribution in [2.24, 2.45) is 0 Å². The second kappa shape index (κ2) is 10.8. The van der Waals surface area contributed by atoms with Gasteiger partial charge in [0.2, 0.25) is 0 Å². The molecule has 38 heavy (non-hydrogen) atoms. The van der Waals surface area contributed by atoms with Crippen LogP contribution in [0.2, 0.25) is 0 Å². The molecule has 0 N–H and O–H groups in total. The zero-order chi connectivity index (χ0) is 25.9. The minimum atomic E-state index is 1.22. The summed E-state index contributed by atoms with van der Waals surface area (Å²) in [5, 5.41) is 2.59. The molecule has 0 spiro atoms. The molecular weight excluding hydrogens is 497 g/mol. The second-order valence-electron chi connectivity index (χ2n) is 9.71. The first-order chi connectivity index (χ1) is 18.6. The van der Waals surface area contributed by atoms with Crippen LogP contribution in [0.3, 0.4) is 0 Å². The van der Waals surface area contributed by atoms with Crippen LogP contribution in [-0.4, -0.2) is 0 Å². The summed E-state index contributed by atoms with van der Waals surface area (Å²) >= 11 is 3.68. The van der Waals surface area contributed by atoms with Gasteiger partial charge in [-0.15, -0.1) is 22.7 Å². The monoisotopic (exact) mass is 524 g/mol. The topological polar surface area (TPSA) is 0 Å². The molecule has 0 saturated carbocycles. The van der Waals surface area contributed by atoms with Crippen LogP contribution < -0.4 is 0 Å². The zero-order valence-electron chi connectivity index (χ0n) is 21.5. The zero-order valence-corrected chi connectivity index (χ0v) is 23.2. The van der Waals surface area contributed by atoms with Crippen LogP contribution in [0, 0.1) is 13.8 Å². The summed E-state index contributed by atoms with van der Waals surface area (Å²) in [6, 6.07) is 35.3. The summed E-state index contributed by atoms with van der Waals surface area (Å²) in [7, 11) is 0. The number of rotatable bonds is 6. The molecule has 2 heterocycles. The van der Waals surface area contributed by atoms with Crippen LogP contribution in [0.1, 0.15) is 43.1 Å². The number of aryl methyl sites for hydroxylation is 2. The van der Waals surface area contributed by atoms with Crippen LogP contribution >= 0.6 is 22.7 Å². The van der Waals surface area contributed by atoms with E-state index >= 15 is 0 Å². The van der Waals surface area contributed by atoms with Gasteiger partial charge in [0.15, 0.2) is 0 Å². The molecule has 0 unspecified atom stereocenters. The van der Waals surface area contributed by atoms with Crippen LogP contribution in [-0.2, 0) is 0 Å². The molecule has 6 rings (SSSR count). The maximum absolute atomic E-state index is 2.29. The lowest BCUT2D eigenvalue weighted by molar-refractivity contribution is 1.46. The number of thiophene rings is 2. The van der Waals surface area contributed by atoms with Gasteiger partial charge in [0.05, 0.1) is 0 Å². The van der Waals surface area contributed by atoms with Gasteiger partial charge in [-0.1, -0.05) is 108 Å². The van der Waals surface area contributed by atoms with Gasteiger partial charge in [-0.05, 0) is 83.3 Å². The lowest BCUT2D eigenvalue weighted by Crippen LogP contribution is -1.73. The van der Waals surface area contributed by atoms with Crippen molar-refractivity contribution >= 4 is 79.3 Å². The number of benzene rings is 4. The van der Waals surface area contributed by atoms with Crippen molar-refractivity contribution in [3.05, 3.63) is 140 Å². The fourth-order valence-electron chi connectivity index (χ4n) is 4.41. The van der Waals surface area contributed by atoms with Crippen molar-refractivity contribution in [3.63, 3.8) is 0 Å². The third-order valence-electron chi connectivity index (χ3n) is 6.63. The van der Waals surface area contributed by atoms with E-state index in [-0.39, 0.29) is 0 Å². The minimum Gasteiger partial charge on any atom is -0.136 e. The highest BCUT2D eigenvalue weighted by Gasteiger charge is 2.02. The molecule has 4 aromatic carbocycles. The predicted molar refractivity (Wildman–Crippen MR) is 173 cm³/mol. The Hall–Kier alpha value is -3.98. The Morgan fingerprint density at radius 1 is 0.395 bits per heavy atom. The van der Waals surface area contributed by atoms with Crippen LogP contribution in [0.5, 0.6) is 0 Å². The van der Waals surface area contributed by atoms with Crippen LogP contribution in [0.15, 0.2) is 97.1 Å². The van der Waals surface area contributed by atoms with Gasteiger partial charge in [0, 0.05) is 19.2 Å². The lowest BCUT2D eigenvalue weighted by Gasteiger charge is -1.96. The minimum absolute atomic E-state index is 1.22. The van der Waals surface area contributed by atoms with E-state index < -0.39 is 0 Å². The van der Waals surface area contributed by atoms with Crippen LogP contribution in [0.4, 0.5) is 0 Å². The fraction of sp³-hybridized carbons (Fsp3) is 0.0556. The largest absolute Gasteiger partial charge is 0.136 e. The maximum Gasteiger partial charge on any atom is 0.0355 e. The van der Waals surface area contributed by atoms with Gasteiger partial charge in [-0.3, -0.25) is 0 Å². The van der Waals surface area contributed by atoms with Gasteiger partial charge in [-0.2, -0.15) is 0 Å². The molecule has 2 aromatic heterocycles. The number of hydrogen-bond donors (Lipinski definition) is 0. The van der Waals surface area contributed by atoms with Crippen molar-refractivity contribution in [3.8, 4) is 0 Å². The molecule has 184 valence electrons. The van der Waals surface area contributed by atoms with Crippen LogP contribution in [0.25, 0.3) is 56.6 Å². The molecule has 0 nitrogen and oxygen atoms in total. The second-order valence-corrected chi connectivity index (χ2v) is 11.9. The van der Waals surface area contributed by atoms with E-state index in [1.54, 1.807) is 0 Å². The van der Waals surface area contributed by atoms with Gasteiger partial charge >= 0.3 is 0 Å². The van der Waals surface area contributed by atoms with Crippen molar-refractivity contribution in [2.45, 2.75) is 13.8 Å². The quantitative estimate of drug-likeness (QED) is 0.190. The standard InChI is InChI=1S/C36H28S2/c1-25-3-7-27(8-4-25)15-19-33-23-31-17-13-29(21-35(31)37-33)11-12-30-14-18-32-24-34(38-36(32)22-30)20-16-28-9-5-26(2)6-10-28/h3-24H,1-2H3. The third-order valence-corrected chi connectivity index (χ3v) is 8.76. The van der Waals surface area contributed by atoms with E-state index in [4.69, 9.17) is 0 Å². The summed E-state index contributed by atoms with van der Waals surface area (Å²) in [6.45, 7) is 4.24. The lowest BCUT2D eigenvalue weighted by atomic mass is 10.1. The average Bonchev–Trinajstić information content (AvgIpc) is 3.54. The molecule has 0 atom stereocenters. The van der Waals surface area contributed by atoms with Gasteiger partial charge in [-0.25, -0.2) is 0 Å². The van der Waals surface area contributed by atoms with Crippen molar-refractivity contribution in [2.75, 3.05) is 0 Å². The fourth-order valence-corrected chi connectivity index (χ4v) is 6.44. The molecule has 0 aliphatic carbocycles. The van der Waals surface area contributed by atoms with Crippen molar-refractivity contribution in [1.82, 2.24) is 0 Å². The van der Waals surface area contributed by atoms with Gasteiger partial charge < -0.3 is 0 Å². The summed E-state index contributed by atoms with van der Waals surface area (Å²) in [5.41, 5.74) is 7.48. The Kier molecular flexibility index (Phi) is 6.92. The summed E-state index contributed by atoms with van der Waals surface area (Å²) < 4.78 is 2.63. The third kappa shape index (κ3) is 5.78. The van der Waals surface area contributed by atoms with E-state index in [0.717, 1.165) is 0 Å².